The Hall–Kier alpha value is -3.67. The van der Waals surface area contributed by atoms with E-state index in [1.807, 2.05) is 30.3 Å². The average molecular weight is 362 g/mol. The van der Waals surface area contributed by atoms with Crippen molar-refractivity contribution in [2.24, 2.45) is 5.10 Å². The maximum Gasteiger partial charge on any atom is 0.136 e. The first kappa shape index (κ1) is 16.8. The third kappa shape index (κ3) is 3.50. The van der Waals surface area contributed by atoms with Gasteiger partial charge in [-0.25, -0.2) is 0 Å². The van der Waals surface area contributed by atoms with E-state index in [9.17, 15) is 15.3 Å². The van der Waals surface area contributed by atoms with Crippen molar-refractivity contribution in [1.29, 1.82) is 0 Å². The van der Waals surface area contributed by atoms with Gasteiger partial charge < -0.3 is 20.1 Å². The minimum Gasteiger partial charge on any atom is -0.508 e. The van der Waals surface area contributed by atoms with Crippen molar-refractivity contribution in [2.75, 3.05) is 5.43 Å². The predicted molar refractivity (Wildman–Crippen MR) is 102 cm³/mol. The summed E-state index contributed by atoms with van der Waals surface area (Å²) >= 11 is 0. The van der Waals surface area contributed by atoms with E-state index >= 15 is 0 Å². The largest absolute Gasteiger partial charge is 0.508 e. The number of hydrazone groups is 1. The van der Waals surface area contributed by atoms with E-state index in [4.69, 9.17) is 4.74 Å². The van der Waals surface area contributed by atoms with Gasteiger partial charge in [-0.05, 0) is 29.8 Å². The molecule has 3 aromatic rings. The van der Waals surface area contributed by atoms with Crippen LogP contribution >= 0.6 is 0 Å². The van der Waals surface area contributed by atoms with E-state index in [-0.39, 0.29) is 23.4 Å². The number of benzene rings is 3. The van der Waals surface area contributed by atoms with Crippen LogP contribution in [0.2, 0.25) is 0 Å². The number of rotatable bonds is 3. The summed E-state index contributed by atoms with van der Waals surface area (Å²) in [4.78, 5) is 0. The van der Waals surface area contributed by atoms with E-state index < -0.39 is 0 Å². The van der Waals surface area contributed by atoms with Gasteiger partial charge in [0.15, 0.2) is 0 Å². The number of fused-ring (bicyclic) bond motifs is 1. The number of para-hydroxylation sites is 1. The summed E-state index contributed by atoms with van der Waals surface area (Å²) in [5, 5.41) is 34.1. The lowest BCUT2D eigenvalue weighted by atomic mass is 9.94. The van der Waals surface area contributed by atoms with E-state index in [1.54, 1.807) is 24.3 Å². The van der Waals surface area contributed by atoms with Crippen LogP contribution in [0.1, 0.15) is 23.7 Å². The molecule has 0 radical (unpaired) electrons. The summed E-state index contributed by atoms with van der Waals surface area (Å²) in [7, 11) is 0. The molecule has 0 fully saturated rings. The Morgan fingerprint density at radius 1 is 0.889 bits per heavy atom. The van der Waals surface area contributed by atoms with E-state index in [0.717, 1.165) is 11.3 Å². The van der Waals surface area contributed by atoms with Crippen molar-refractivity contribution in [3.63, 3.8) is 0 Å². The molecule has 0 saturated heterocycles. The molecule has 27 heavy (non-hydrogen) atoms. The lowest BCUT2D eigenvalue weighted by Crippen LogP contribution is -2.22. The molecule has 0 aliphatic carbocycles. The molecule has 1 atom stereocenters. The molecule has 0 bridgehead atoms. The van der Waals surface area contributed by atoms with Gasteiger partial charge in [-0.3, -0.25) is 5.43 Å². The van der Waals surface area contributed by atoms with Crippen molar-refractivity contribution >= 4 is 11.4 Å². The highest BCUT2D eigenvalue weighted by Crippen LogP contribution is 2.42. The van der Waals surface area contributed by atoms with Crippen LogP contribution in [0.15, 0.2) is 71.8 Å². The second kappa shape index (κ2) is 6.92. The molecule has 0 aromatic heterocycles. The average Bonchev–Trinajstić information content (AvgIpc) is 2.67. The SMILES string of the molecule is Oc1ccc(C2C/C(=N\Nc3ccccc3)c3c(O)cc(O)cc3O2)cc1. The molecular weight excluding hydrogens is 344 g/mol. The highest BCUT2D eigenvalue weighted by atomic mass is 16.5. The van der Waals surface area contributed by atoms with Gasteiger partial charge in [-0.2, -0.15) is 5.10 Å². The maximum absolute atomic E-state index is 10.3. The third-order valence-electron chi connectivity index (χ3n) is 4.36. The molecule has 6 heteroatoms. The predicted octanol–water partition coefficient (Wildman–Crippen LogP) is 4.14. The molecular formula is C21H18N2O4. The van der Waals surface area contributed by atoms with Crippen LogP contribution < -0.4 is 10.2 Å². The molecule has 4 rings (SSSR count). The Balaban J connectivity index is 1.73. The summed E-state index contributed by atoms with van der Waals surface area (Å²) in [6.07, 6.45) is 0.0475. The van der Waals surface area contributed by atoms with E-state index in [2.05, 4.69) is 10.5 Å². The standard InChI is InChI=1S/C21H18N2O4/c24-15-8-6-13(7-9-15)19-12-17(23-22-14-4-2-1-3-5-14)21-18(26)10-16(25)11-20(21)27-19/h1-11,19,22,24-26H,12H2/b23-17+. The zero-order valence-corrected chi connectivity index (χ0v) is 14.3. The van der Waals surface area contributed by atoms with Crippen LogP contribution in [0.5, 0.6) is 23.0 Å². The summed E-state index contributed by atoms with van der Waals surface area (Å²) < 4.78 is 5.99. The van der Waals surface area contributed by atoms with Crippen LogP contribution in [0.4, 0.5) is 5.69 Å². The topological polar surface area (TPSA) is 94.3 Å². The zero-order valence-electron chi connectivity index (χ0n) is 14.3. The molecule has 0 amide bonds. The lowest BCUT2D eigenvalue weighted by Gasteiger charge is -2.28. The number of aromatic hydroxyl groups is 3. The number of nitrogens with zero attached hydrogens (tertiary/aromatic N) is 1. The van der Waals surface area contributed by atoms with Gasteiger partial charge in [0.2, 0.25) is 0 Å². The van der Waals surface area contributed by atoms with Gasteiger partial charge in [0, 0.05) is 18.6 Å². The number of hydrogen-bond donors (Lipinski definition) is 4. The normalized spacial score (nSPS) is 17.2. The number of ether oxygens (including phenoxy) is 1. The fourth-order valence-corrected chi connectivity index (χ4v) is 3.06. The fourth-order valence-electron chi connectivity index (χ4n) is 3.06. The van der Waals surface area contributed by atoms with Crippen LogP contribution in [-0.4, -0.2) is 21.0 Å². The highest BCUT2D eigenvalue weighted by Gasteiger charge is 2.29. The first-order chi connectivity index (χ1) is 13.1. The van der Waals surface area contributed by atoms with E-state index in [1.165, 1.54) is 12.1 Å². The second-order valence-corrected chi connectivity index (χ2v) is 6.28. The number of phenols is 3. The molecule has 0 spiro atoms. The molecule has 6 nitrogen and oxygen atoms in total. The molecule has 136 valence electrons. The van der Waals surface area contributed by atoms with Crippen molar-refractivity contribution in [1.82, 2.24) is 0 Å². The third-order valence-corrected chi connectivity index (χ3v) is 4.36. The molecule has 1 unspecified atom stereocenters. The molecule has 3 aromatic carbocycles. The Labute approximate surface area is 156 Å². The van der Waals surface area contributed by atoms with Crippen molar-refractivity contribution in [3.05, 3.63) is 77.9 Å². The summed E-state index contributed by atoms with van der Waals surface area (Å²) in [6.45, 7) is 0. The van der Waals surface area contributed by atoms with Crippen LogP contribution in [-0.2, 0) is 0 Å². The van der Waals surface area contributed by atoms with Crippen LogP contribution in [0, 0.1) is 0 Å². The summed E-state index contributed by atoms with van der Waals surface area (Å²) in [5.74, 6) is 0.339. The summed E-state index contributed by atoms with van der Waals surface area (Å²) in [6, 6.07) is 18.9. The van der Waals surface area contributed by atoms with Gasteiger partial charge in [0.05, 0.1) is 17.0 Å². The highest BCUT2D eigenvalue weighted by molar-refractivity contribution is 6.06. The van der Waals surface area contributed by atoms with Gasteiger partial charge >= 0.3 is 0 Å². The van der Waals surface area contributed by atoms with E-state index in [0.29, 0.717) is 23.4 Å². The Kier molecular flexibility index (Phi) is 4.30. The van der Waals surface area contributed by atoms with Gasteiger partial charge in [-0.1, -0.05) is 30.3 Å². The Morgan fingerprint density at radius 3 is 2.37 bits per heavy atom. The summed E-state index contributed by atoms with van der Waals surface area (Å²) in [5.41, 5.74) is 5.73. The minimum absolute atomic E-state index is 0.0898. The smallest absolute Gasteiger partial charge is 0.136 e. The molecule has 1 aliphatic rings. The molecule has 0 saturated carbocycles. The molecule has 1 heterocycles. The first-order valence-corrected chi connectivity index (χ1v) is 8.50. The van der Waals surface area contributed by atoms with Crippen molar-refractivity contribution in [3.8, 4) is 23.0 Å². The van der Waals surface area contributed by atoms with Crippen molar-refractivity contribution < 1.29 is 20.1 Å². The second-order valence-electron chi connectivity index (χ2n) is 6.28. The quantitative estimate of drug-likeness (QED) is 0.525. The number of nitrogens with one attached hydrogen (secondary N) is 1. The Morgan fingerprint density at radius 2 is 1.63 bits per heavy atom. The Bertz CT molecular complexity index is 985. The number of phenolic OH excluding ortho intramolecular Hbond substituents is 3. The van der Waals surface area contributed by atoms with Crippen LogP contribution in [0.3, 0.4) is 0 Å². The first-order valence-electron chi connectivity index (χ1n) is 8.50. The van der Waals surface area contributed by atoms with Gasteiger partial charge in [0.25, 0.3) is 0 Å². The molecule has 1 aliphatic heterocycles. The zero-order chi connectivity index (χ0) is 18.8. The van der Waals surface area contributed by atoms with Crippen LogP contribution in [0.25, 0.3) is 0 Å². The van der Waals surface area contributed by atoms with Gasteiger partial charge in [-0.15, -0.1) is 0 Å². The molecule has 4 N–H and O–H groups in total. The minimum atomic E-state index is -0.365. The fraction of sp³-hybridized carbons (Fsp3) is 0.0952. The van der Waals surface area contributed by atoms with Crippen molar-refractivity contribution in [2.45, 2.75) is 12.5 Å². The lowest BCUT2D eigenvalue weighted by molar-refractivity contribution is 0.204. The number of anilines is 1. The monoisotopic (exact) mass is 362 g/mol. The van der Waals surface area contributed by atoms with Gasteiger partial charge in [0.1, 0.15) is 29.1 Å². The maximum atomic E-state index is 10.3. The number of hydrogen-bond acceptors (Lipinski definition) is 6.